The average molecular weight is 694 g/mol. The Morgan fingerprint density at radius 2 is 1.75 bits per heavy atom. The predicted octanol–water partition coefficient (Wildman–Crippen LogP) is 7.06. The minimum Gasteiger partial charge on any atom is -0.378 e. The van der Waals surface area contributed by atoms with Gasteiger partial charge in [-0.05, 0) is 86.2 Å². The van der Waals surface area contributed by atoms with Crippen LogP contribution < -0.4 is 16.0 Å². The molecule has 48 heavy (non-hydrogen) atoms. The van der Waals surface area contributed by atoms with Crippen LogP contribution in [0.4, 0.5) is 15.8 Å². The highest BCUT2D eigenvalue weighted by atomic mass is 35.5. The number of piperidine rings is 1. The second-order valence-corrected chi connectivity index (χ2v) is 14.2. The summed E-state index contributed by atoms with van der Waals surface area (Å²) < 4.78 is 21.8. The van der Waals surface area contributed by atoms with Gasteiger partial charge in [-0.1, -0.05) is 60.7 Å². The van der Waals surface area contributed by atoms with Gasteiger partial charge in [-0.25, -0.2) is 4.39 Å². The SMILES string of the molecule is CCOC1CCN(C(=O)c2ccc(NC(=O)[C@@H]3NC4(CCCCC4)[C@@]4(C(=O)Nc5cc(Cl)ccc54)[C@H]3c3cccc(Cl)c3F)cc2)CC1. The van der Waals surface area contributed by atoms with E-state index in [1.807, 2.05) is 17.9 Å². The van der Waals surface area contributed by atoms with Crippen LogP contribution in [0.15, 0.2) is 60.7 Å². The van der Waals surface area contributed by atoms with E-state index in [1.54, 1.807) is 48.5 Å². The summed E-state index contributed by atoms with van der Waals surface area (Å²) in [7, 11) is 0. The van der Waals surface area contributed by atoms with E-state index in [2.05, 4.69) is 16.0 Å². The molecule has 0 aromatic heterocycles. The third-order valence-electron chi connectivity index (χ3n) is 10.8. The van der Waals surface area contributed by atoms with Crippen molar-refractivity contribution in [3.8, 4) is 0 Å². The molecule has 3 heterocycles. The quantitative estimate of drug-likeness (QED) is 0.257. The largest absolute Gasteiger partial charge is 0.378 e. The normalized spacial score (nSPS) is 24.9. The fourth-order valence-electron chi connectivity index (χ4n) is 8.78. The minimum atomic E-state index is -1.31. The van der Waals surface area contributed by atoms with Crippen LogP contribution in [0.25, 0.3) is 0 Å². The molecule has 3 aromatic rings. The monoisotopic (exact) mass is 692 g/mol. The molecular weight excluding hydrogens is 654 g/mol. The first-order valence-electron chi connectivity index (χ1n) is 16.8. The highest BCUT2D eigenvalue weighted by Crippen LogP contribution is 2.62. The summed E-state index contributed by atoms with van der Waals surface area (Å²) in [6, 6.07) is 15.8. The van der Waals surface area contributed by atoms with Crippen molar-refractivity contribution in [2.24, 2.45) is 0 Å². The zero-order valence-electron chi connectivity index (χ0n) is 26.8. The van der Waals surface area contributed by atoms with Gasteiger partial charge in [0.05, 0.1) is 17.2 Å². The van der Waals surface area contributed by atoms with Crippen LogP contribution in [-0.2, 0) is 19.7 Å². The number of halogens is 3. The maximum atomic E-state index is 16.1. The molecule has 2 spiro atoms. The Hall–Kier alpha value is -3.50. The van der Waals surface area contributed by atoms with Gasteiger partial charge >= 0.3 is 0 Å². The smallest absolute Gasteiger partial charge is 0.253 e. The van der Waals surface area contributed by atoms with Crippen molar-refractivity contribution in [1.82, 2.24) is 10.2 Å². The fourth-order valence-corrected chi connectivity index (χ4v) is 9.13. The van der Waals surface area contributed by atoms with Gasteiger partial charge in [-0.15, -0.1) is 0 Å². The van der Waals surface area contributed by atoms with Gasteiger partial charge in [-0.2, -0.15) is 0 Å². The van der Waals surface area contributed by atoms with E-state index in [4.69, 9.17) is 27.9 Å². The maximum Gasteiger partial charge on any atom is 0.253 e. The van der Waals surface area contributed by atoms with Crippen molar-refractivity contribution < 1.29 is 23.5 Å². The number of anilines is 2. The molecule has 11 heteroatoms. The van der Waals surface area contributed by atoms with Crippen LogP contribution in [0.3, 0.4) is 0 Å². The van der Waals surface area contributed by atoms with E-state index in [-0.39, 0.29) is 28.5 Å². The molecule has 3 aromatic carbocycles. The van der Waals surface area contributed by atoms with Crippen molar-refractivity contribution >= 4 is 52.3 Å². The van der Waals surface area contributed by atoms with Gasteiger partial charge in [0.1, 0.15) is 11.2 Å². The summed E-state index contributed by atoms with van der Waals surface area (Å²) in [6.07, 6.45) is 5.73. The number of carbonyl (C=O) groups is 3. The van der Waals surface area contributed by atoms with Crippen LogP contribution in [0.5, 0.6) is 0 Å². The molecule has 0 unspecified atom stereocenters. The standard InChI is InChI=1S/C37H39Cl2FN4O4/c1-2-48-25-15-19-44(20-16-25)34(46)22-9-12-24(13-10-22)41-33(45)32-30(26-7-6-8-28(39)31(26)40)37(36(43-32)17-4-3-5-18-36)27-14-11-23(38)21-29(27)42-35(37)47/h6-14,21,25,30,32,43H,2-5,15-20H2,1H3,(H,41,45)(H,42,47)/t30-,32+,37+/m0/s1. The van der Waals surface area contributed by atoms with Crippen molar-refractivity contribution in [3.63, 3.8) is 0 Å². The molecule has 7 rings (SSSR count). The Kier molecular flexibility index (Phi) is 9.00. The third-order valence-corrected chi connectivity index (χ3v) is 11.4. The van der Waals surface area contributed by atoms with E-state index >= 15 is 4.39 Å². The lowest BCUT2D eigenvalue weighted by atomic mass is 9.55. The number of hydrogen-bond donors (Lipinski definition) is 3. The number of nitrogens with one attached hydrogen (secondary N) is 3. The highest BCUT2D eigenvalue weighted by molar-refractivity contribution is 6.31. The number of likely N-dealkylation sites (tertiary alicyclic amines) is 1. The van der Waals surface area contributed by atoms with Gasteiger partial charge in [0.15, 0.2) is 0 Å². The van der Waals surface area contributed by atoms with Gasteiger partial charge < -0.3 is 20.3 Å². The molecule has 2 saturated heterocycles. The second-order valence-electron chi connectivity index (χ2n) is 13.4. The van der Waals surface area contributed by atoms with Crippen molar-refractivity contribution in [1.29, 1.82) is 0 Å². The molecule has 3 N–H and O–H groups in total. The van der Waals surface area contributed by atoms with E-state index in [0.29, 0.717) is 60.1 Å². The Labute approximate surface area is 289 Å². The molecule has 252 valence electrons. The number of ether oxygens (including phenoxy) is 1. The molecule has 3 aliphatic heterocycles. The Morgan fingerprint density at radius 1 is 1.02 bits per heavy atom. The topological polar surface area (TPSA) is 99.8 Å². The summed E-state index contributed by atoms with van der Waals surface area (Å²) in [5.41, 5.74) is 0.326. The third kappa shape index (κ3) is 5.39. The molecule has 3 amide bonds. The number of amides is 3. The van der Waals surface area contributed by atoms with Crippen molar-refractivity contribution in [2.75, 3.05) is 30.3 Å². The highest BCUT2D eigenvalue weighted by Gasteiger charge is 2.72. The van der Waals surface area contributed by atoms with Gasteiger partial charge in [0.2, 0.25) is 11.8 Å². The van der Waals surface area contributed by atoms with Crippen LogP contribution >= 0.6 is 23.2 Å². The molecule has 0 bridgehead atoms. The fraction of sp³-hybridized carbons (Fsp3) is 0.432. The van der Waals surface area contributed by atoms with Crippen LogP contribution in [0.1, 0.15) is 79.3 Å². The van der Waals surface area contributed by atoms with Crippen LogP contribution in [0, 0.1) is 5.82 Å². The number of benzene rings is 3. The molecule has 4 aliphatic rings. The zero-order valence-corrected chi connectivity index (χ0v) is 28.3. The second kappa shape index (κ2) is 13.1. The number of hydrogen-bond acceptors (Lipinski definition) is 5. The number of rotatable bonds is 6. The summed E-state index contributed by atoms with van der Waals surface area (Å²) in [5.74, 6) is -2.35. The average Bonchev–Trinajstić information content (AvgIpc) is 3.54. The predicted molar refractivity (Wildman–Crippen MR) is 184 cm³/mol. The first-order chi connectivity index (χ1) is 23.2. The van der Waals surface area contributed by atoms with Gasteiger partial charge in [0.25, 0.3) is 5.91 Å². The summed E-state index contributed by atoms with van der Waals surface area (Å²) >= 11 is 12.7. The molecule has 1 aliphatic carbocycles. The summed E-state index contributed by atoms with van der Waals surface area (Å²) in [5, 5.41) is 10.1. The molecule has 8 nitrogen and oxygen atoms in total. The molecule has 1 saturated carbocycles. The number of carbonyl (C=O) groups excluding carboxylic acids is 3. The lowest BCUT2D eigenvalue weighted by molar-refractivity contribution is -0.124. The molecule has 3 fully saturated rings. The van der Waals surface area contributed by atoms with Crippen LogP contribution in [-0.4, -0.2) is 60.0 Å². The summed E-state index contributed by atoms with van der Waals surface area (Å²) in [6.45, 7) is 3.89. The first kappa shape index (κ1) is 33.0. The lowest BCUT2D eigenvalue weighted by Crippen LogP contribution is -2.60. The van der Waals surface area contributed by atoms with Gasteiger partial charge in [0, 0.05) is 53.1 Å². The van der Waals surface area contributed by atoms with Crippen LogP contribution in [0.2, 0.25) is 10.0 Å². The van der Waals surface area contributed by atoms with E-state index in [9.17, 15) is 14.4 Å². The molecule has 0 radical (unpaired) electrons. The number of nitrogens with zero attached hydrogens (tertiary/aromatic N) is 1. The van der Waals surface area contributed by atoms with Gasteiger partial charge in [-0.3, -0.25) is 19.7 Å². The van der Waals surface area contributed by atoms with E-state index in [0.717, 1.165) is 32.1 Å². The lowest BCUT2D eigenvalue weighted by Gasteiger charge is -2.47. The maximum absolute atomic E-state index is 16.1. The molecular formula is C37H39Cl2FN4O4. The van der Waals surface area contributed by atoms with E-state index in [1.165, 1.54) is 6.07 Å². The summed E-state index contributed by atoms with van der Waals surface area (Å²) in [4.78, 5) is 44.0. The molecule has 3 atom stereocenters. The Morgan fingerprint density at radius 3 is 2.46 bits per heavy atom. The van der Waals surface area contributed by atoms with Crippen molar-refractivity contribution in [3.05, 3.63) is 93.2 Å². The minimum absolute atomic E-state index is 0.0658. The first-order valence-corrected chi connectivity index (χ1v) is 17.6. The Balaban J connectivity index is 1.23. The number of fused-ring (bicyclic) bond motifs is 3. The zero-order chi connectivity index (χ0) is 33.6. The van der Waals surface area contributed by atoms with Crippen molar-refractivity contribution in [2.45, 2.75) is 80.9 Å². The van der Waals surface area contributed by atoms with E-state index < -0.39 is 34.6 Å². The Bertz CT molecular complexity index is 1740.